The van der Waals surface area contributed by atoms with Gasteiger partial charge in [-0.3, -0.25) is 10.1 Å². The lowest BCUT2D eigenvalue weighted by atomic mass is 10.3. The van der Waals surface area contributed by atoms with Crippen molar-refractivity contribution in [3.8, 4) is 5.75 Å². The van der Waals surface area contributed by atoms with Gasteiger partial charge < -0.3 is 4.74 Å². The maximum atomic E-state index is 13.2. The second kappa shape index (κ2) is 5.75. The first-order valence-corrected chi connectivity index (χ1v) is 6.41. The molecule has 0 radical (unpaired) electrons. The van der Waals surface area contributed by atoms with Crippen LogP contribution in [-0.2, 0) is 6.42 Å². The highest BCUT2D eigenvalue weighted by Crippen LogP contribution is 2.22. The quantitative estimate of drug-likeness (QED) is 0.624. The number of aromatic nitrogens is 1. The van der Waals surface area contributed by atoms with E-state index in [1.807, 2.05) is 6.92 Å². The van der Waals surface area contributed by atoms with E-state index in [9.17, 15) is 14.5 Å². The van der Waals surface area contributed by atoms with E-state index in [-0.39, 0.29) is 11.4 Å². The van der Waals surface area contributed by atoms with Gasteiger partial charge in [-0.05, 0) is 6.92 Å². The molecule has 0 aliphatic carbocycles. The van der Waals surface area contributed by atoms with Crippen LogP contribution >= 0.6 is 11.3 Å². The first-order valence-electron chi connectivity index (χ1n) is 5.53. The minimum absolute atomic E-state index is 0.161. The molecule has 0 aliphatic rings. The molecule has 2 aromatic rings. The van der Waals surface area contributed by atoms with Gasteiger partial charge in [0.2, 0.25) is 0 Å². The topological polar surface area (TPSA) is 65.3 Å². The summed E-state index contributed by atoms with van der Waals surface area (Å²) in [5, 5.41) is 10.6. The molecule has 0 bridgehead atoms. The molecule has 0 fully saturated rings. The molecule has 0 N–H and O–H groups in total. The number of rotatable bonds is 5. The van der Waals surface area contributed by atoms with Gasteiger partial charge in [0.25, 0.3) is 5.69 Å². The van der Waals surface area contributed by atoms with Gasteiger partial charge >= 0.3 is 0 Å². The first-order chi connectivity index (χ1) is 9.06. The zero-order valence-corrected chi connectivity index (χ0v) is 10.9. The Morgan fingerprint density at radius 2 is 2.26 bits per heavy atom. The van der Waals surface area contributed by atoms with Gasteiger partial charge in [0.15, 0.2) is 0 Å². The average Bonchev–Trinajstić information content (AvgIpc) is 2.74. The summed E-state index contributed by atoms with van der Waals surface area (Å²) in [6, 6.07) is 3.20. The summed E-state index contributed by atoms with van der Waals surface area (Å²) in [4.78, 5) is 15.1. The zero-order chi connectivity index (χ0) is 13.8. The van der Waals surface area contributed by atoms with Gasteiger partial charge in [0.05, 0.1) is 34.9 Å². The minimum Gasteiger partial charge on any atom is -0.493 e. The van der Waals surface area contributed by atoms with Crippen LogP contribution in [0.3, 0.4) is 0 Å². The van der Waals surface area contributed by atoms with E-state index in [0.29, 0.717) is 13.0 Å². The minimum atomic E-state index is -0.682. The number of thiazole rings is 1. The third-order valence-electron chi connectivity index (χ3n) is 2.51. The Morgan fingerprint density at radius 1 is 1.47 bits per heavy atom. The SMILES string of the molecule is Cc1ncsc1CCOc1cc(F)cc([N+](=O)[O-])c1. The van der Waals surface area contributed by atoms with Crippen molar-refractivity contribution in [2.24, 2.45) is 0 Å². The molecule has 1 aromatic heterocycles. The van der Waals surface area contributed by atoms with Gasteiger partial charge in [0.1, 0.15) is 11.6 Å². The fourth-order valence-electron chi connectivity index (χ4n) is 1.56. The Labute approximate surface area is 112 Å². The Bertz CT molecular complexity index is 600. The predicted octanol–water partition coefficient (Wildman–Crippen LogP) is 3.12. The van der Waals surface area contributed by atoms with E-state index in [1.54, 1.807) is 5.51 Å². The smallest absolute Gasteiger partial charge is 0.276 e. The number of hydrogen-bond donors (Lipinski definition) is 0. The number of non-ortho nitro benzene ring substituents is 1. The second-order valence-electron chi connectivity index (χ2n) is 3.86. The number of nitrogens with zero attached hydrogens (tertiary/aromatic N) is 2. The summed E-state index contributed by atoms with van der Waals surface area (Å²) in [5.41, 5.74) is 2.38. The monoisotopic (exact) mass is 282 g/mol. The largest absolute Gasteiger partial charge is 0.493 e. The highest BCUT2D eigenvalue weighted by Gasteiger charge is 2.10. The molecule has 0 saturated heterocycles. The van der Waals surface area contributed by atoms with E-state index in [1.165, 1.54) is 17.4 Å². The summed E-state index contributed by atoms with van der Waals surface area (Å²) in [5.74, 6) is -0.521. The molecule has 5 nitrogen and oxygen atoms in total. The van der Waals surface area contributed by atoms with Gasteiger partial charge in [-0.1, -0.05) is 0 Å². The van der Waals surface area contributed by atoms with Crippen LogP contribution < -0.4 is 4.74 Å². The number of ether oxygens (including phenoxy) is 1. The van der Waals surface area contributed by atoms with E-state index in [0.717, 1.165) is 22.7 Å². The lowest BCUT2D eigenvalue weighted by molar-refractivity contribution is -0.385. The zero-order valence-electron chi connectivity index (χ0n) is 10.1. The van der Waals surface area contributed by atoms with Crippen molar-refractivity contribution < 1.29 is 14.1 Å². The molecule has 100 valence electrons. The van der Waals surface area contributed by atoms with Crippen LogP contribution in [0.25, 0.3) is 0 Å². The molecule has 0 unspecified atom stereocenters. The normalized spacial score (nSPS) is 10.4. The molecule has 0 aliphatic heterocycles. The third kappa shape index (κ3) is 3.47. The van der Waals surface area contributed by atoms with E-state index < -0.39 is 10.7 Å². The fraction of sp³-hybridized carbons (Fsp3) is 0.250. The third-order valence-corrected chi connectivity index (χ3v) is 3.50. The Balaban J connectivity index is 2.00. The van der Waals surface area contributed by atoms with E-state index in [4.69, 9.17) is 4.74 Å². The highest BCUT2D eigenvalue weighted by atomic mass is 32.1. The molecule has 19 heavy (non-hydrogen) atoms. The molecule has 0 spiro atoms. The summed E-state index contributed by atoms with van der Waals surface area (Å²) >= 11 is 1.52. The highest BCUT2D eigenvalue weighted by molar-refractivity contribution is 7.09. The van der Waals surface area contributed by atoms with Crippen molar-refractivity contribution in [3.05, 3.63) is 50.2 Å². The Morgan fingerprint density at radius 3 is 2.89 bits per heavy atom. The van der Waals surface area contributed by atoms with Crippen molar-refractivity contribution in [1.82, 2.24) is 4.98 Å². The lowest BCUT2D eigenvalue weighted by Gasteiger charge is -2.05. The van der Waals surface area contributed by atoms with Crippen molar-refractivity contribution >= 4 is 17.0 Å². The Hall–Kier alpha value is -2.02. The molecule has 2 rings (SSSR count). The molecule has 0 amide bonds. The van der Waals surface area contributed by atoms with Crippen LogP contribution in [0.2, 0.25) is 0 Å². The van der Waals surface area contributed by atoms with Gasteiger partial charge in [0, 0.05) is 17.4 Å². The molecule has 1 heterocycles. The van der Waals surface area contributed by atoms with Crippen LogP contribution in [0.15, 0.2) is 23.7 Å². The molecule has 0 atom stereocenters. The van der Waals surface area contributed by atoms with Crippen molar-refractivity contribution in [1.29, 1.82) is 0 Å². The van der Waals surface area contributed by atoms with Crippen molar-refractivity contribution in [2.45, 2.75) is 13.3 Å². The summed E-state index contributed by atoms with van der Waals surface area (Å²) in [6.07, 6.45) is 0.640. The lowest BCUT2D eigenvalue weighted by Crippen LogP contribution is -2.02. The number of benzene rings is 1. The molecular formula is C12H11FN2O3S. The van der Waals surface area contributed by atoms with Crippen molar-refractivity contribution in [3.63, 3.8) is 0 Å². The molecular weight excluding hydrogens is 271 g/mol. The number of aryl methyl sites for hydroxylation is 1. The fourth-order valence-corrected chi connectivity index (χ4v) is 2.33. The average molecular weight is 282 g/mol. The van der Waals surface area contributed by atoms with E-state index in [2.05, 4.69) is 4.98 Å². The summed E-state index contributed by atoms with van der Waals surface area (Å²) in [7, 11) is 0. The number of nitro benzene ring substituents is 1. The summed E-state index contributed by atoms with van der Waals surface area (Å²) in [6.45, 7) is 2.22. The van der Waals surface area contributed by atoms with Gasteiger partial charge in [-0.2, -0.15) is 0 Å². The predicted molar refractivity (Wildman–Crippen MR) is 69.1 cm³/mol. The number of hydrogen-bond acceptors (Lipinski definition) is 5. The van der Waals surface area contributed by atoms with Crippen LogP contribution in [0, 0.1) is 22.9 Å². The first kappa shape index (κ1) is 13.4. The maximum absolute atomic E-state index is 13.2. The van der Waals surface area contributed by atoms with Crippen LogP contribution in [0.1, 0.15) is 10.6 Å². The number of halogens is 1. The van der Waals surface area contributed by atoms with Crippen LogP contribution in [0.4, 0.5) is 10.1 Å². The number of nitro groups is 1. The molecule has 0 saturated carbocycles. The van der Waals surface area contributed by atoms with Crippen LogP contribution in [-0.4, -0.2) is 16.5 Å². The molecule has 7 heteroatoms. The molecule has 1 aromatic carbocycles. The van der Waals surface area contributed by atoms with E-state index >= 15 is 0 Å². The Kier molecular flexibility index (Phi) is 4.06. The van der Waals surface area contributed by atoms with Gasteiger partial charge in [-0.15, -0.1) is 11.3 Å². The van der Waals surface area contributed by atoms with Crippen molar-refractivity contribution in [2.75, 3.05) is 6.61 Å². The second-order valence-corrected chi connectivity index (χ2v) is 4.80. The van der Waals surface area contributed by atoms with Gasteiger partial charge in [-0.25, -0.2) is 9.37 Å². The van der Waals surface area contributed by atoms with Crippen LogP contribution in [0.5, 0.6) is 5.75 Å². The maximum Gasteiger partial charge on any atom is 0.276 e. The standard InChI is InChI=1S/C12H11FN2O3S/c1-8-12(19-7-14-8)2-3-18-11-5-9(13)4-10(6-11)15(16)17/h4-7H,2-3H2,1H3. The summed E-state index contributed by atoms with van der Waals surface area (Å²) < 4.78 is 18.5.